The fourth-order valence-electron chi connectivity index (χ4n) is 2.79. The van der Waals surface area contributed by atoms with Crippen LogP contribution < -0.4 is 15.8 Å². The van der Waals surface area contributed by atoms with Crippen molar-refractivity contribution >= 4 is 5.91 Å². The van der Waals surface area contributed by atoms with Gasteiger partial charge in [0.1, 0.15) is 5.75 Å². The van der Waals surface area contributed by atoms with Crippen molar-refractivity contribution in [3.8, 4) is 5.75 Å². The topological polar surface area (TPSA) is 64.3 Å². The van der Waals surface area contributed by atoms with E-state index < -0.39 is 0 Å². The molecule has 0 aromatic heterocycles. The number of hydrogen-bond acceptors (Lipinski definition) is 3. The van der Waals surface area contributed by atoms with Crippen LogP contribution in [0.1, 0.15) is 43.0 Å². The zero-order chi connectivity index (χ0) is 14.4. The van der Waals surface area contributed by atoms with Gasteiger partial charge >= 0.3 is 0 Å². The van der Waals surface area contributed by atoms with Crippen molar-refractivity contribution in [1.82, 2.24) is 5.32 Å². The van der Waals surface area contributed by atoms with Crippen molar-refractivity contribution < 1.29 is 9.53 Å². The highest BCUT2D eigenvalue weighted by Gasteiger charge is 2.20. The molecule has 2 unspecified atom stereocenters. The summed E-state index contributed by atoms with van der Waals surface area (Å²) in [6.07, 6.45) is 4.43. The second-order valence-electron chi connectivity index (χ2n) is 5.43. The highest BCUT2D eigenvalue weighted by atomic mass is 16.5. The average Bonchev–Trinajstić information content (AvgIpc) is 2.46. The summed E-state index contributed by atoms with van der Waals surface area (Å²) in [6, 6.07) is 7.65. The molecule has 0 spiro atoms. The fourth-order valence-corrected chi connectivity index (χ4v) is 2.79. The summed E-state index contributed by atoms with van der Waals surface area (Å²) >= 11 is 0. The molecule has 1 aromatic rings. The molecule has 0 radical (unpaired) electrons. The van der Waals surface area contributed by atoms with E-state index in [2.05, 4.69) is 5.32 Å². The molecular weight excluding hydrogens is 252 g/mol. The minimum atomic E-state index is -0.0619. The third kappa shape index (κ3) is 3.97. The van der Waals surface area contributed by atoms with Crippen molar-refractivity contribution in [2.24, 2.45) is 11.7 Å². The number of carbonyl (C=O) groups is 1. The molecular formula is C16H24N2O2. The maximum absolute atomic E-state index is 12.2. The standard InChI is InChI=1S/C16H24N2O2/c1-2-20-15-9-4-3-8-14(15)16(19)18-11-12-6-5-7-13(17)10-12/h3-4,8-9,12-13H,2,5-7,10-11,17H2,1H3,(H,18,19). The quantitative estimate of drug-likeness (QED) is 0.867. The summed E-state index contributed by atoms with van der Waals surface area (Å²) in [6.45, 7) is 3.17. The van der Waals surface area contributed by atoms with Gasteiger partial charge in [-0.3, -0.25) is 4.79 Å². The first-order valence-electron chi connectivity index (χ1n) is 7.46. The summed E-state index contributed by atoms with van der Waals surface area (Å²) < 4.78 is 5.49. The Morgan fingerprint density at radius 2 is 2.20 bits per heavy atom. The second-order valence-corrected chi connectivity index (χ2v) is 5.43. The number of hydrogen-bond donors (Lipinski definition) is 2. The Morgan fingerprint density at radius 1 is 1.40 bits per heavy atom. The number of rotatable bonds is 5. The van der Waals surface area contributed by atoms with E-state index in [1.807, 2.05) is 25.1 Å². The van der Waals surface area contributed by atoms with E-state index in [1.165, 1.54) is 0 Å². The highest BCUT2D eigenvalue weighted by Crippen LogP contribution is 2.23. The summed E-state index contributed by atoms with van der Waals surface area (Å²) in [5.74, 6) is 1.09. The van der Waals surface area contributed by atoms with Crippen LogP contribution in [0.2, 0.25) is 0 Å². The highest BCUT2D eigenvalue weighted by molar-refractivity contribution is 5.96. The third-order valence-electron chi connectivity index (χ3n) is 3.81. The largest absolute Gasteiger partial charge is 0.493 e. The summed E-state index contributed by atoms with van der Waals surface area (Å²) in [4.78, 5) is 12.2. The normalized spacial score (nSPS) is 22.3. The monoisotopic (exact) mass is 276 g/mol. The SMILES string of the molecule is CCOc1ccccc1C(=O)NCC1CCCC(N)C1. The van der Waals surface area contributed by atoms with Crippen LogP contribution in [0.5, 0.6) is 5.75 Å². The van der Waals surface area contributed by atoms with E-state index in [1.54, 1.807) is 6.07 Å². The van der Waals surface area contributed by atoms with E-state index in [-0.39, 0.29) is 5.91 Å². The van der Waals surface area contributed by atoms with Gasteiger partial charge in [0.15, 0.2) is 0 Å². The summed E-state index contributed by atoms with van der Waals surface area (Å²) in [5, 5.41) is 3.01. The number of ether oxygens (including phenoxy) is 1. The van der Waals surface area contributed by atoms with Crippen LogP contribution >= 0.6 is 0 Å². The molecule has 20 heavy (non-hydrogen) atoms. The Morgan fingerprint density at radius 3 is 2.95 bits per heavy atom. The van der Waals surface area contributed by atoms with Gasteiger partial charge in [-0.2, -0.15) is 0 Å². The second kappa shape index (κ2) is 7.29. The Hall–Kier alpha value is -1.55. The Kier molecular flexibility index (Phi) is 5.41. The molecule has 0 aliphatic heterocycles. The Labute approximate surface area is 120 Å². The third-order valence-corrected chi connectivity index (χ3v) is 3.81. The molecule has 0 bridgehead atoms. The van der Waals surface area contributed by atoms with Crippen molar-refractivity contribution in [2.45, 2.75) is 38.6 Å². The van der Waals surface area contributed by atoms with Crippen molar-refractivity contribution in [2.75, 3.05) is 13.2 Å². The predicted octanol–water partition coefficient (Wildman–Crippen LogP) is 2.33. The number of nitrogens with one attached hydrogen (secondary N) is 1. The maximum Gasteiger partial charge on any atom is 0.255 e. The van der Waals surface area contributed by atoms with Crippen LogP contribution in [0.25, 0.3) is 0 Å². The first kappa shape index (κ1) is 14.9. The average molecular weight is 276 g/mol. The molecule has 1 saturated carbocycles. The lowest BCUT2D eigenvalue weighted by Crippen LogP contribution is -2.35. The van der Waals surface area contributed by atoms with Gasteiger partial charge in [0.25, 0.3) is 5.91 Å². The van der Waals surface area contributed by atoms with Crippen LogP contribution in [0.15, 0.2) is 24.3 Å². The molecule has 1 aliphatic rings. The number of para-hydroxylation sites is 1. The van der Waals surface area contributed by atoms with E-state index >= 15 is 0 Å². The molecule has 1 amide bonds. The van der Waals surface area contributed by atoms with Crippen LogP contribution in [0, 0.1) is 5.92 Å². The molecule has 0 heterocycles. The van der Waals surface area contributed by atoms with Gasteiger partial charge in [0.2, 0.25) is 0 Å². The lowest BCUT2D eigenvalue weighted by molar-refractivity contribution is 0.0938. The molecule has 2 rings (SSSR count). The maximum atomic E-state index is 12.2. The first-order valence-corrected chi connectivity index (χ1v) is 7.46. The number of nitrogens with two attached hydrogens (primary N) is 1. The van der Waals surface area contributed by atoms with Gasteiger partial charge < -0.3 is 15.8 Å². The fraction of sp³-hybridized carbons (Fsp3) is 0.562. The number of amides is 1. The molecule has 4 heteroatoms. The van der Waals surface area contributed by atoms with Gasteiger partial charge in [0.05, 0.1) is 12.2 Å². The Bertz CT molecular complexity index is 448. The molecule has 1 fully saturated rings. The van der Waals surface area contributed by atoms with Gasteiger partial charge in [0, 0.05) is 12.6 Å². The molecule has 110 valence electrons. The van der Waals surface area contributed by atoms with Gasteiger partial charge in [-0.15, -0.1) is 0 Å². The lowest BCUT2D eigenvalue weighted by Gasteiger charge is -2.26. The van der Waals surface area contributed by atoms with E-state index in [0.717, 1.165) is 25.7 Å². The summed E-state index contributed by atoms with van der Waals surface area (Å²) in [7, 11) is 0. The van der Waals surface area contributed by atoms with E-state index in [9.17, 15) is 4.79 Å². The molecule has 1 aliphatic carbocycles. The van der Waals surface area contributed by atoms with Crippen molar-refractivity contribution in [1.29, 1.82) is 0 Å². The van der Waals surface area contributed by atoms with E-state index in [4.69, 9.17) is 10.5 Å². The van der Waals surface area contributed by atoms with Gasteiger partial charge in [-0.1, -0.05) is 18.6 Å². The predicted molar refractivity (Wildman–Crippen MR) is 79.9 cm³/mol. The Balaban J connectivity index is 1.91. The van der Waals surface area contributed by atoms with Crippen molar-refractivity contribution in [3.63, 3.8) is 0 Å². The van der Waals surface area contributed by atoms with Gasteiger partial charge in [-0.05, 0) is 44.2 Å². The van der Waals surface area contributed by atoms with E-state index in [0.29, 0.717) is 36.4 Å². The molecule has 1 aromatic carbocycles. The molecule has 4 nitrogen and oxygen atoms in total. The molecule has 3 N–H and O–H groups in total. The van der Waals surface area contributed by atoms with Crippen LogP contribution in [0.4, 0.5) is 0 Å². The minimum Gasteiger partial charge on any atom is -0.493 e. The zero-order valence-electron chi connectivity index (χ0n) is 12.1. The van der Waals surface area contributed by atoms with Gasteiger partial charge in [-0.25, -0.2) is 0 Å². The number of benzene rings is 1. The molecule has 0 saturated heterocycles. The smallest absolute Gasteiger partial charge is 0.255 e. The molecule has 2 atom stereocenters. The first-order chi connectivity index (χ1) is 9.70. The van der Waals surface area contributed by atoms with Crippen LogP contribution in [-0.4, -0.2) is 25.1 Å². The number of carbonyl (C=O) groups excluding carboxylic acids is 1. The van der Waals surface area contributed by atoms with Crippen molar-refractivity contribution in [3.05, 3.63) is 29.8 Å². The minimum absolute atomic E-state index is 0.0619. The lowest BCUT2D eigenvalue weighted by atomic mass is 9.86. The van der Waals surface area contributed by atoms with Crippen LogP contribution in [-0.2, 0) is 0 Å². The zero-order valence-corrected chi connectivity index (χ0v) is 12.1. The van der Waals surface area contributed by atoms with Crippen LogP contribution in [0.3, 0.4) is 0 Å². The summed E-state index contributed by atoms with van der Waals surface area (Å²) in [5.41, 5.74) is 6.58.